The fraction of sp³-hybridized carbons (Fsp3) is 0.750. The van der Waals surface area contributed by atoms with E-state index in [0.29, 0.717) is 6.61 Å². The molecule has 0 spiro atoms. The van der Waals surface area contributed by atoms with Crippen LogP contribution in [0.5, 0.6) is 0 Å². The quantitative estimate of drug-likeness (QED) is 0.632. The summed E-state index contributed by atoms with van der Waals surface area (Å²) in [4.78, 5) is 21.1. The first-order valence-electron chi connectivity index (χ1n) is 4.24. The highest BCUT2D eigenvalue weighted by molar-refractivity contribution is 5.79. The predicted octanol–water partition coefficient (Wildman–Crippen LogP) is 0.986. The fourth-order valence-electron chi connectivity index (χ4n) is 0.589. The van der Waals surface area contributed by atoms with E-state index in [1.54, 1.807) is 0 Å². The summed E-state index contributed by atoms with van der Waals surface area (Å²) >= 11 is 0. The third kappa shape index (κ3) is 5.95. The summed E-state index contributed by atoms with van der Waals surface area (Å²) < 4.78 is 4.69. The highest BCUT2D eigenvalue weighted by Crippen LogP contribution is 1.89. The summed E-state index contributed by atoms with van der Waals surface area (Å²) in [5.74, 6) is -1.08. The first kappa shape index (κ1) is 11.7. The van der Waals surface area contributed by atoms with Crippen molar-refractivity contribution in [1.82, 2.24) is 5.32 Å². The summed E-state index contributed by atoms with van der Waals surface area (Å²) in [6.45, 7) is 3.68. The number of ether oxygens (including phenoxy) is 1. The van der Waals surface area contributed by atoms with E-state index < -0.39 is 18.1 Å². The van der Waals surface area contributed by atoms with E-state index in [4.69, 9.17) is 5.11 Å². The lowest BCUT2D eigenvalue weighted by Crippen LogP contribution is -2.38. The van der Waals surface area contributed by atoms with Crippen LogP contribution in [0.15, 0.2) is 0 Å². The van der Waals surface area contributed by atoms with Crippen LogP contribution in [0.2, 0.25) is 0 Å². The maximum atomic E-state index is 10.8. The number of alkyl carbamates (subject to hydrolysis) is 1. The molecule has 5 heteroatoms. The van der Waals surface area contributed by atoms with Crippen LogP contribution in [0.3, 0.4) is 0 Å². The van der Waals surface area contributed by atoms with Crippen molar-refractivity contribution in [2.24, 2.45) is 0 Å². The molecule has 0 aliphatic heterocycles. The molecule has 0 bridgehead atoms. The van der Waals surface area contributed by atoms with Gasteiger partial charge in [0.15, 0.2) is 0 Å². The van der Waals surface area contributed by atoms with Crippen molar-refractivity contribution in [3.63, 3.8) is 0 Å². The van der Waals surface area contributed by atoms with Gasteiger partial charge in [0.05, 0.1) is 6.61 Å². The number of carbonyl (C=O) groups excluding carboxylic acids is 1. The third-order valence-corrected chi connectivity index (χ3v) is 1.44. The first-order valence-corrected chi connectivity index (χ1v) is 4.24. The van der Waals surface area contributed by atoms with E-state index in [2.05, 4.69) is 10.1 Å². The number of carbonyl (C=O) groups is 2. The molecule has 76 valence electrons. The molecular formula is C8H15NO4. The molecule has 2 N–H and O–H groups in total. The Balaban J connectivity index is 3.56. The third-order valence-electron chi connectivity index (χ3n) is 1.44. The van der Waals surface area contributed by atoms with Crippen LogP contribution < -0.4 is 5.32 Å². The lowest BCUT2D eigenvalue weighted by molar-refractivity contribution is -0.138. The van der Waals surface area contributed by atoms with Crippen LogP contribution in [0.25, 0.3) is 0 Å². The molecule has 0 aromatic carbocycles. The Morgan fingerprint density at radius 3 is 2.62 bits per heavy atom. The molecule has 0 aliphatic carbocycles. The van der Waals surface area contributed by atoms with Gasteiger partial charge in [0.25, 0.3) is 0 Å². The minimum atomic E-state index is -1.08. The van der Waals surface area contributed by atoms with Gasteiger partial charge in [-0.1, -0.05) is 13.3 Å². The van der Waals surface area contributed by atoms with Gasteiger partial charge >= 0.3 is 12.1 Å². The molecule has 0 unspecified atom stereocenters. The van der Waals surface area contributed by atoms with Gasteiger partial charge in [-0.2, -0.15) is 0 Å². The number of nitrogens with one attached hydrogen (secondary N) is 1. The zero-order valence-corrected chi connectivity index (χ0v) is 7.87. The number of rotatable bonds is 5. The predicted molar refractivity (Wildman–Crippen MR) is 46.5 cm³/mol. The van der Waals surface area contributed by atoms with Crippen LogP contribution in [0, 0.1) is 0 Å². The summed E-state index contributed by atoms with van der Waals surface area (Å²) in [7, 11) is 0. The number of amides is 1. The standard InChI is InChI=1S/C8H15NO4/c1-3-4-5-13-8(12)9-6(2)7(10)11/h6H,3-5H2,1-2H3,(H,9,12)(H,10,11)/t6-/m0/s1. The van der Waals surface area contributed by atoms with Crippen LogP contribution in [0.1, 0.15) is 26.7 Å². The number of carboxylic acids is 1. The average Bonchev–Trinajstić information content (AvgIpc) is 2.04. The van der Waals surface area contributed by atoms with Crippen molar-refractivity contribution in [2.75, 3.05) is 6.61 Å². The second-order valence-electron chi connectivity index (χ2n) is 2.69. The maximum Gasteiger partial charge on any atom is 0.407 e. The van der Waals surface area contributed by atoms with E-state index >= 15 is 0 Å². The maximum absolute atomic E-state index is 10.8. The molecule has 5 nitrogen and oxygen atoms in total. The van der Waals surface area contributed by atoms with Crippen molar-refractivity contribution in [2.45, 2.75) is 32.7 Å². The average molecular weight is 189 g/mol. The molecule has 0 aliphatic rings. The van der Waals surface area contributed by atoms with Gasteiger partial charge < -0.3 is 15.2 Å². The van der Waals surface area contributed by atoms with Gasteiger partial charge in [0.1, 0.15) is 6.04 Å². The van der Waals surface area contributed by atoms with Crippen LogP contribution >= 0.6 is 0 Å². The summed E-state index contributed by atoms with van der Waals surface area (Å²) in [6, 6.07) is -0.908. The molecule has 0 aromatic rings. The van der Waals surface area contributed by atoms with Crippen molar-refractivity contribution in [1.29, 1.82) is 0 Å². The Kier molecular flexibility index (Phi) is 5.67. The smallest absolute Gasteiger partial charge is 0.407 e. The van der Waals surface area contributed by atoms with E-state index in [1.807, 2.05) is 6.92 Å². The number of aliphatic carboxylic acids is 1. The Morgan fingerprint density at radius 2 is 2.15 bits per heavy atom. The van der Waals surface area contributed by atoms with E-state index in [-0.39, 0.29) is 0 Å². The topological polar surface area (TPSA) is 75.6 Å². The molecule has 1 atom stereocenters. The minimum absolute atomic E-state index is 0.328. The second kappa shape index (κ2) is 6.28. The highest BCUT2D eigenvalue weighted by Gasteiger charge is 2.13. The van der Waals surface area contributed by atoms with Crippen LogP contribution in [-0.4, -0.2) is 29.8 Å². The normalized spacial score (nSPS) is 11.8. The molecule has 1 amide bonds. The number of hydrogen-bond donors (Lipinski definition) is 2. The summed E-state index contributed by atoms with van der Waals surface area (Å²) in [5.41, 5.74) is 0. The molecule has 0 heterocycles. The van der Waals surface area contributed by atoms with Crippen LogP contribution in [0.4, 0.5) is 4.79 Å². The van der Waals surface area contributed by atoms with E-state index in [9.17, 15) is 9.59 Å². The number of hydrogen-bond acceptors (Lipinski definition) is 3. The van der Waals surface area contributed by atoms with Crippen molar-refractivity contribution < 1.29 is 19.4 Å². The van der Waals surface area contributed by atoms with E-state index in [1.165, 1.54) is 6.92 Å². The Hall–Kier alpha value is -1.26. The molecule has 0 rings (SSSR count). The monoisotopic (exact) mass is 189 g/mol. The molecule has 0 saturated carbocycles. The highest BCUT2D eigenvalue weighted by atomic mass is 16.5. The summed E-state index contributed by atoms with van der Waals surface area (Å²) in [6.07, 6.45) is 1.04. The van der Waals surface area contributed by atoms with Gasteiger partial charge in [0, 0.05) is 0 Å². The molecule has 0 saturated heterocycles. The Bertz CT molecular complexity index is 181. The summed E-state index contributed by atoms with van der Waals surface area (Å²) in [5, 5.41) is 10.6. The second-order valence-corrected chi connectivity index (χ2v) is 2.69. The largest absolute Gasteiger partial charge is 0.480 e. The Labute approximate surface area is 77.1 Å². The SMILES string of the molecule is CCCCOC(=O)N[C@@H](C)C(=O)O. The zero-order valence-electron chi connectivity index (χ0n) is 7.87. The molecule has 13 heavy (non-hydrogen) atoms. The van der Waals surface area contributed by atoms with Gasteiger partial charge in [-0.25, -0.2) is 4.79 Å². The zero-order chi connectivity index (χ0) is 10.3. The first-order chi connectivity index (χ1) is 6.07. The van der Waals surface area contributed by atoms with Crippen LogP contribution in [-0.2, 0) is 9.53 Å². The fourth-order valence-corrected chi connectivity index (χ4v) is 0.589. The van der Waals surface area contributed by atoms with Crippen molar-refractivity contribution in [3.8, 4) is 0 Å². The minimum Gasteiger partial charge on any atom is -0.480 e. The lowest BCUT2D eigenvalue weighted by Gasteiger charge is -2.09. The number of unbranched alkanes of at least 4 members (excludes halogenated alkanes) is 1. The van der Waals surface area contributed by atoms with E-state index in [0.717, 1.165) is 12.8 Å². The number of carboxylic acid groups (broad SMARTS) is 1. The molecule has 0 radical (unpaired) electrons. The van der Waals surface area contributed by atoms with Crippen molar-refractivity contribution in [3.05, 3.63) is 0 Å². The Morgan fingerprint density at radius 1 is 1.54 bits per heavy atom. The van der Waals surface area contributed by atoms with Gasteiger partial charge in [-0.15, -0.1) is 0 Å². The lowest BCUT2D eigenvalue weighted by atomic mass is 10.3. The molecule has 0 aromatic heterocycles. The molecular weight excluding hydrogens is 174 g/mol. The van der Waals surface area contributed by atoms with Gasteiger partial charge in [-0.3, -0.25) is 4.79 Å². The molecule has 0 fully saturated rings. The van der Waals surface area contributed by atoms with Gasteiger partial charge in [-0.05, 0) is 13.3 Å². The van der Waals surface area contributed by atoms with Crippen molar-refractivity contribution >= 4 is 12.1 Å². The van der Waals surface area contributed by atoms with Gasteiger partial charge in [0.2, 0.25) is 0 Å².